The molecule has 3 heteroatoms. The maximum absolute atomic E-state index is 11.4. The van der Waals surface area contributed by atoms with E-state index in [1.807, 2.05) is 54.6 Å². The Morgan fingerprint density at radius 2 is 1.56 bits per heavy atom. The summed E-state index contributed by atoms with van der Waals surface area (Å²) in [5, 5.41) is 2.55. The van der Waals surface area contributed by atoms with E-state index >= 15 is 0 Å². The van der Waals surface area contributed by atoms with Crippen LogP contribution < -0.4 is 11.1 Å². The quantitative estimate of drug-likeness (QED) is 0.863. The van der Waals surface area contributed by atoms with Crippen LogP contribution in [0.4, 0.5) is 0 Å². The average molecular weight is 240 g/mol. The highest BCUT2D eigenvalue weighted by atomic mass is 16.2. The Hall–Kier alpha value is -2.13. The lowest BCUT2D eigenvalue weighted by Crippen LogP contribution is -2.31. The Balaban J connectivity index is 2.23. The first kappa shape index (κ1) is 12.3. The Labute approximate surface area is 107 Å². The number of hydrogen-bond acceptors (Lipinski definition) is 2. The van der Waals surface area contributed by atoms with Gasteiger partial charge in [0.25, 0.3) is 0 Å². The van der Waals surface area contributed by atoms with Crippen molar-refractivity contribution in [1.82, 2.24) is 5.32 Å². The number of benzene rings is 2. The van der Waals surface area contributed by atoms with Gasteiger partial charge in [-0.2, -0.15) is 0 Å². The normalized spacial score (nSPS) is 11.9. The van der Waals surface area contributed by atoms with E-state index in [4.69, 9.17) is 5.73 Å². The molecule has 0 bridgehead atoms. The maximum Gasteiger partial charge on any atom is 0.241 e. The Bertz CT molecular complexity index is 520. The summed E-state index contributed by atoms with van der Waals surface area (Å²) in [7, 11) is 1.58. The highest BCUT2D eigenvalue weighted by molar-refractivity contribution is 5.82. The van der Waals surface area contributed by atoms with E-state index in [0.717, 1.165) is 16.7 Å². The molecule has 2 aromatic carbocycles. The number of amides is 1. The number of rotatable bonds is 3. The smallest absolute Gasteiger partial charge is 0.241 e. The first-order valence-corrected chi connectivity index (χ1v) is 5.85. The molecule has 0 saturated carbocycles. The molecule has 0 aliphatic carbocycles. The van der Waals surface area contributed by atoms with E-state index in [1.54, 1.807) is 7.05 Å². The molecule has 92 valence electrons. The highest BCUT2D eigenvalue weighted by Gasteiger charge is 2.13. The summed E-state index contributed by atoms with van der Waals surface area (Å²) < 4.78 is 0. The predicted octanol–water partition coefficient (Wildman–Crippen LogP) is 2.10. The second kappa shape index (κ2) is 5.47. The van der Waals surface area contributed by atoms with Crippen molar-refractivity contribution >= 4 is 5.91 Å². The van der Waals surface area contributed by atoms with Gasteiger partial charge in [-0.05, 0) is 16.7 Å². The Morgan fingerprint density at radius 3 is 2.11 bits per heavy atom. The van der Waals surface area contributed by atoms with Gasteiger partial charge in [0.1, 0.15) is 6.04 Å². The van der Waals surface area contributed by atoms with Crippen LogP contribution in [0.5, 0.6) is 0 Å². The lowest BCUT2D eigenvalue weighted by molar-refractivity contribution is -0.121. The van der Waals surface area contributed by atoms with Gasteiger partial charge >= 0.3 is 0 Å². The van der Waals surface area contributed by atoms with Gasteiger partial charge in [0.05, 0.1) is 0 Å². The van der Waals surface area contributed by atoms with Crippen molar-refractivity contribution in [2.45, 2.75) is 6.04 Å². The molecular weight excluding hydrogens is 224 g/mol. The molecule has 0 spiro atoms. The summed E-state index contributed by atoms with van der Waals surface area (Å²) >= 11 is 0. The van der Waals surface area contributed by atoms with Crippen LogP contribution in [0.25, 0.3) is 11.1 Å². The van der Waals surface area contributed by atoms with E-state index in [9.17, 15) is 4.79 Å². The molecule has 2 rings (SSSR count). The molecule has 0 aliphatic heterocycles. The summed E-state index contributed by atoms with van der Waals surface area (Å²) in [6, 6.07) is 17.2. The van der Waals surface area contributed by atoms with Crippen LogP contribution in [-0.4, -0.2) is 13.0 Å². The minimum Gasteiger partial charge on any atom is -0.358 e. The standard InChI is InChI=1S/C15H16N2O/c1-17-15(18)14(16)13-9-7-12(8-10-13)11-5-3-2-4-6-11/h2-10,14H,16H2,1H3,(H,17,18). The molecule has 0 fully saturated rings. The second-order valence-electron chi connectivity index (χ2n) is 4.08. The Morgan fingerprint density at radius 1 is 1.00 bits per heavy atom. The highest BCUT2D eigenvalue weighted by Crippen LogP contribution is 2.21. The number of carbonyl (C=O) groups excluding carboxylic acids is 1. The van der Waals surface area contributed by atoms with Gasteiger partial charge in [0, 0.05) is 7.05 Å². The van der Waals surface area contributed by atoms with Crippen molar-refractivity contribution in [2.24, 2.45) is 5.73 Å². The molecule has 1 amide bonds. The van der Waals surface area contributed by atoms with Crippen molar-refractivity contribution in [3.05, 3.63) is 60.2 Å². The van der Waals surface area contributed by atoms with Crippen LogP contribution in [0.3, 0.4) is 0 Å². The van der Waals surface area contributed by atoms with Gasteiger partial charge in [0.15, 0.2) is 0 Å². The number of nitrogens with two attached hydrogens (primary N) is 1. The van der Waals surface area contributed by atoms with Crippen molar-refractivity contribution in [2.75, 3.05) is 7.05 Å². The van der Waals surface area contributed by atoms with Crippen molar-refractivity contribution < 1.29 is 4.79 Å². The number of nitrogens with one attached hydrogen (secondary N) is 1. The third kappa shape index (κ3) is 2.57. The fourth-order valence-corrected chi connectivity index (χ4v) is 1.82. The molecule has 0 heterocycles. The van der Waals surface area contributed by atoms with Crippen molar-refractivity contribution in [3.8, 4) is 11.1 Å². The summed E-state index contributed by atoms with van der Waals surface area (Å²) in [6.45, 7) is 0. The topological polar surface area (TPSA) is 55.1 Å². The zero-order valence-corrected chi connectivity index (χ0v) is 10.3. The maximum atomic E-state index is 11.4. The fraction of sp³-hybridized carbons (Fsp3) is 0.133. The fourth-order valence-electron chi connectivity index (χ4n) is 1.82. The molecule has 0 radical (unpaired) electrons. The number of hydrogen-bond donors (Lipinski definition) is 2. The molecule has 0 aliphatic rings. The first-order chi connectivity index (χ1) is 8.72. The van der Waals surface area contributed by atoms with Gasteiger partial charge in [0.2, 0.25) is 5.91 Å². The lowest BCUT2D eigenvalue weighted by Gasteiger charge is -2.11. The molecule has 3 N–H and O–H groups in total. The summed E-state index contributed by atoms with van der Waals surface area (Å²) in [4.78, 5) is 11.4. The van der Waals surface area contributed by atoms with Crippen LogP contribution in [0.2, 0.25) is 0 Å². The zero-order chi connectivity index (χ0) is 13.0. The molecule has 2 aromatic rings. The van der Waals surface area contributed by atoms with E-state index < -0.39 is 6.04 Å². The van der Waals surface area contributed by atoms with Gasteiger partial charge in [-0.15, -0.1) is 0 Å². The molecule has 0 saturated heterocycles. The SMILES string of the molecule is CNC(=O)C(N)c1ccc(-c2ccccc2)cc1. The van der Waals surface area contributed by atoms with Gasteiger partial charge in [-0.1, -0.05) is 54.6 Å². The van der Waals surface area contributed by atoms with Gasteiger partial charge in [-0.25, -0.2) is 0 Å². The third-order valence-corrected chi connectivity index (χ3v) is 2.91. The van der Waals surface area contributed by atoms with Crippen LogP contribution >= 0.6 is 0 Å². The number of carbonyl (C=O) groups is 1. The first-order valence-electron chi connectivity index (χ1n) is 5.85. The molecule has 3 nitrogen and oxygen atoms in total. The largest absolute Gasteiger partial charge is 0.358 e. The van der Waals surface area contributed by atoms with Gasteiger partial charge in [-0.3, -0.25) is 4.79 Å². The summed E-state index contributed by atoms with van der Waals surface area (Å²) in [5.74, 6) is -0.178. The summed E-state index contributed by atoms with van der Waals surface area (Å²) in [6.07, 6.45) is 0. The monoisotopic (exact) mass is 240 g/mol. The number of likely N-dealkylation sites (N-methyl/N-ethyl adjacent to an activating group) is 1. The molecule has 1 atom stereocenters. The molecule has 1 unspecified atom stereocenters. The minimum absolute atomic E-state index is 0.178. The van der Waals surface area contributed by atoms with Crippen LogP contribution in [0, 0.1) is 0 Å². The van der Waals surface area contributed by atoms with Crippen LogP contribution in [0.1, 0.15) is 11.6 Å². The zero-order valence-electron chi connectivity index (χ0n) is 10.3. The second-order valence-corrected chi connectivity index (χ2v) is 4.08. The minimum atomic E-state index is -0.611. The van der Waals surface area contributed by atoms with E-state index in [-0.39, 0.29) is 5.91 Å². The molecular formula is C15H16N2O. The third-order valence-electron chi connectivity index (χ3n) is 2.91. The van der Waals surface area contributed by atoms with Crippen LogP contribution in [-0.2, 0) is 4.79 Å². The Kier molecular flexibility index (Phi) is 3.75. The average Bonchev–Trinajstić information content (AvgIpc) is 2.47. The van der Waals surface area contributed by atoms with Gasteiger partial charge < -0.3 is 11.1 Å². The molecule has 18 heavy (non-hydrogen) atoms. The lowest BCUT2D eigenvalue weighted by atomic mass is 10.0. The van der Waals surface area contributed by atoms with E-state index in [2.05, 4.69) is 5.32 Å². The predicted molar refractivity (Wildman–Crippen MR) is 72.9 cm³/mol. The van der Waals surface area contributed by atoms with Crippen molar-refractivity contribution in [3.63, 3.8) is 0 Å². The molecule has 0 aromatic heterocycles. The summed E-state index contributed by atoms with van der Waals surface area (Å²) in [5.41, 5.74) is 8.90. The van der Waals surface area contributed by atoms with E-state index in [0.29, 0.717) is 0 Å². The van der Waals surface area contributed by atoms with Crippen molar-refractivity contribution in [1.29, 1.82) is 0 Å². The van der Waals surface area contributed by atoms with Crippen LogP contribution in [0.15, 0.2) is 54.6 Å². The van der Waals surface area contributed by atoms with E-state index in [1.165, 1.54) is 0 Å².